The molecule has 0 amide bonds. The topological polar surface area (TPSA) is 60.7 Å². The highest BCUT2D eigenvalue weighted by Gasteiger charge is 2.64. The van der Waals surface area contributed by atoms with E-state index in [-0.39, 0.29) is 29.1 Å². The van der Waals surface area contributed by atoms with Crippen molar-refractivity contribution in [1.29, 1.82) is 0 Å². The molecule has 0 aromatic heterocycles. The number of hydrogen-bond donors (Lipinski definition) is 3. The zero-order valence-corrected chi connectivity index (χ0v) is 13.8. The summed E-state index contributed by atoms with van der Waals surface area (Å²) in [5.74, 6) is 0.962. The van der Waals surface area contributed by atoms with Crippen molar-refractivity contribution in [3.8, 4) is 0 Å². The Balaban J connectivity index is 1.73. The minimum atomic E-state index is -1.17. The molecule has 9 atom stereocenters. The summed E-state index contributed by atoms with van der Waals surface area (Å²) in [6.07, 6.45) is 5.79. The molecule has 128 valence electrons. The molecule has 3 nitrogen and oxygen atoms in total. The number of fused-ring (bicyclic) bond motifs is 5. The van der Waals surface area contributed by atoms with Gasteiger partial charge in [0.1, 0.15) is 11.9 Å². The summed E-state index contributed by atoms with van der Waals surface area (Å²) in [5, 5.41) is 31.1. The summed E-state index contributed by atoms with van der Waals surface area (Å²) in [5.41, 5.74) is -0.713. The first-order chi connectivity index (χ1) is 10.8. The first kappa shape index (κ1) is 15.6. The molecule has 4 rings (SSSR count). The second kappa shape index (κ2) is 4.82. The van der Waals surface area contributed by atoms with E-state index >= 15 is 0 Å². The van der Waals surface area contributed by atoms with Gasteiger partial charge >= 0.3 is 0 Å². The van der Waals surface area contributed by atoms with E-state index in [1.54, 1.807) is 6.08 Å². The average molecular weight is 322 g/mol. The summed E-state index contributed by atoms with van der Waals surface area (Å²) in [4.78, 5) is 0. The van der Waals surface area contributed by atoms with E-state index in [4.69, 9.17) is 0 Å². The van der Waals surface area contributed by atoms with Crippen molar-refractivity contribution in [1.82, 2.24) is 0 Å². The molecule has 0 aromatic rings. The van der Waals surface area contributed by atoms with Crippen molar-refractivity contribution < 1.29 is 19.7 Å². The highest BCUT2D eigenvalue weighted by molar-refractivity contribution is 5.28. The van der Waals surface area contributed by atoms with E-state index in [2.05, 4.69) is 6.92 Å². The van der Waals surface area contributed by atoms with Crippen LogP contribution in [0.4, 0.5) is 4.39 Å². The molecule has 0 heterocycles. The first-order valence-corrected chi connectivity index (χ1v) is 8.87. The monoisotopic (exact) mass is 322 g/mol. The predicted molar refractivity (Wildman–Crippen MR) is 85.4 cm³/mol. The number of aliphatic hydroxyl groups is 3. The van der Waals surface area contributed by atoms with Crippen molar-refractivity contribution in [2.24, 2.45) is 34.5 Å². The van der Waals surface area contributed by atoms with Crippen LogP contribution in [0.1, 0.15) is 39.5 Å². The fourth-order valence-corrected chi connectivity index (χ4v) is 6.53. The molecule has 3 saturated carbocycles. The molecule has 4 aliphatic rings. The highest BCUT2D eigenvalue weighted by atomic mass is 19.1. The van der Waals surface area contributed by atoms with Gasteiger partial charge in [0.15, 0.2) is 0 Å². The molecule has 0 aliphatic heterocycles. The minimum absolute atomic E-state index is 0.0671. The number of aliphatic hydroxyl groups excluding tert-OH is 3. The van der Waals surface area contributed by atoms with E-state index in [1.807, 2.05) is 19.1 Å². The van der Waals surface area contributed by atoms with Crippen molar-refractivity contribution >= 4 is 0 Å². The zero-order chi connectivity index (χ0) is 16.6. The van der Waals surface area contributed by atoms with E-state index in [0.29, 0.717) is 18.6 Å². The summed E-state index contributed by atoms with van der Waals surface area (Å²) >= 11 is 0. The number of halogens is 1. The van der Waals surface area contributed by atoms with Gasteiger partial charge in [0, 0.05) is 5.41 Å². The lowest BCUT2D eigenvalue weighted by atomic mass is 9.46. The van der Waals surface area contributed by atoms with Gasteiger partial charge in [0.25, 0.3) is 0 Å². The smallest absolute Gasteiger partial charge is 0.127 e. The van der Waals surface area contributed by atoms with Crippen LogP contribution in [0.2, 0.25) is 0 Å². The molecule has 3 N–H and O–H groups in total. The van der Waals surface area contributed by atoms with Crippen LogP contribution in [0.3, 0.4) is 0 Å². The summed E-state index contributed by atoms with van der Waals surface area (Å²) < 4.78 is 14.2. The Labute approximate surface area is 136 Å². The van der Waals surface area contributed by atoms with Gasteiger partial charge in [0.05, 0.1) is 12.2 Å². The lowest BCUT2D eigenvalue weighted by Gasteiger charge is -2.59. The first-order valence-electron chi connectivity index (χ1n) is 8.87. The van der Waals surface area contributed by atoms with Crippen LogP contribution in [0, 0.1) is 34.5 Å². The van der Waals surface area contributed by atoms with Crippen molar-refractivity contribution in [2.45, 2.75) is 57.9 Å². The molecule has 3 fully saturated rings. The predicted octanol–water partition coefficient (Wildman–Crippen LogP) is 3.14. The van der Waals surface area contributed by atoms with E-state index < -0.39 is 23.8 Å². The molecule has 0 spiro atoms. The molecule has 1 unspecified atom stereocenters. The standard InChI is InChI=1S/C19H27FO3/c1-18-6-5-11(21)7-10(18)3-4-12-13-8-14(20)17(23)19(13,2)9-15(22)16(12)18/h5-7,10,12-17,21-23H,3-4,8-9H2,1-2H3/t10-,12+,13+,14?,15+,16-,17+,18+,19+/m1/s1. The molecule has 0 radical (unpaired) electrons. The second-order valence-corrected chi connectivity index (χ2v) is 8.74. The summed E-state index contributed by atoms with van der Waals surface area (Å²) in [6.45, 7) is 4.12. The maximum atomic E-state index is 14.2. The number of rotatable bonds is 0. The van der Waals surface area contributed by atoms with Crippen molar-refractivity contribution in [3.63, 3.8) is 0 Å². The van der Waals surface area contributed by atoms with Gasteiger partial charge < -0.3 is 15.3 Å². The van der Waals surface area contributed by atoms with Crippen LogP contribution in [-0.4, -0.2) is 33.7 Å². The lowest BCUT2D eigenvalue weighted by Crippen LogP contribution is -2.58. The second-order valence-electron chi connectivity index (χ2n) is 8.74. The average Bonchev–Trinajstić information content (AvgIpc) is 2.71. The Hall–Kier alpha value is -0.870. The van der Waals surface area contributed by atoms with E-state index in [1.165, 1.54) is 0 Å². The van der Waals surface area contributed by atoms with Crippen molar-refractivity contribution in [3.05, 3.63) is 24.0 Å². The van der Waals surface area contributed by atoms with E-state index in [0.717, 1.165) is 12.8 Å². The number of allylic oxidation sites excluding steroid dienone is 3. The van der Waals surface area contributed by atoms with Gasteiger partial charge in [-0.3, -0.25) is 0 Å². The normalized spacial score (nSPS) is 58.1. The SMILES string of the molecule is C[C@]12C=CC(O)=C[C@H]1CC[C@@H]1[C@@H]2[C@@H](O)C[C@]2(C)[C@@H](O)C(F)C[C@@H]12. The fraction of sp³-hybridized carbons (Fsp3) is 0.789. The molecule has 0 aromatic carbocycles. The summed E-state index contributed by atoms with van der Waals surface area (Å²) in [7, 11) is 0. The van der Waals surface area contributed by atoms with E-state index in [9.17, 15) is 19.7 Å². The summed E-state index contributed by atoms with van der Waals surface area (Å²) in [6, 6.07) is 0. The van der Waals surface area contributed by atoms with Gasteiger partial charge in [-0.1, -0.05) is 19.9 Å². The fourth-order valence-electron chi connectivity index (χ4n) is 6.53. The Morgan fingerprint density at radius 3 is 2.70 bits per heavy atom. The van der Waals surface area contributed by atoms with Crippen LogP contribution >= 0.6 is 0 Å². The van der Waals surface area contributed by atoms with Crippen molar-refractivity contribution in [2.75, 3.05) is 0 Å². The van der Waals surface area contributed by atoms with Gasteiger partial charge in [0.2, 0.25) is 0 Å². The highest BCUT2D eigenvalue weighted by Crippen LogP contribution is 2.65. The Morgan fingerprint density at radius 1 is 1.22 bits per heavy atom. The third kappa shape index (κ3) is 1.94. The molecule has 4 heteroatoms. The van der Waals surface area contributed by atoms with Crippen LogP contribution < -0.4 is 0 Å². The van der Waals surface area contributed by atoms with Gasteiger partial charge in [-0.25, -0.2) is 4.39 Å². The number of alkyl halides is 1. The maximum Gasteiger partial charge on any atom is 0.127 e. The Morgan fingerprint density at radius 2 is 1.96 bits per heavy atom. The van der Waals surface area contributed by atoms with Crippen LogP contribution in [0.15, 0.2) is 24.0 Å². The van der Waals surface area contributed by atoms with Crippen LogP contribution in [0.5, 0.6) is 0 Å². The molecule has 4 aliphatic carbocycles. The molecular formula is C19H27FO3. The molecular weight excluding hydrogens is 295 g/mol. The zero-order valence-electron chi connectivity index (χ0n) is 13.8. The minimum Gasteiger partial charge on any atom is -0.508 e. The van der Waals surface area contributed by atoms with Crippen LogP contribution in [-0.2, 0) is 0 Å². The molecule has 0 saturated heterocycles. The molecule has 0 bridgehead atoms. The Kier molecular flexibility index (Phi) is 3.28. The number of hydrogen-bond acceptors (Lipinski definition) is 3. The van der Waals surface area contributed by atoms with Crippen LogP contribution in [0.25, 0.3) is 0 Å². The van der Waals surface area contributed by atoms with Gasteiger partial charge in [-0.2, -0.15) is 0 Å². The molecule has 23 heavy (non-hydrogen) atoms. The third-order valence-electron chi connectivity index (χ3n) is 7.70. The maximum absolute atomic E-state index is 14.2. The Bertz CT molecular complexity index is 573. The van der Waals surface area contributed by atoms with Gasteiger partial charge in [-0.15, -0.1) is 0 Å². The van der Waals surface area contributed by atoms with Gasteiger partial charge in [-0.05, 0) is 66.9 Å². The third-order valence-corrected chi connectivity index (χ3v) is 7.70. The largest absolute Gasteiger partial charge is 0.508 e. The lowest BCUT2D eigenvalue weighted by molar-refractivity contribution is -0.150. The quantitative estimate of drug-likeness (QED) is 0.642.